The SMILES string of the molecule is CC1CN(S(=O)(=O)N2CCN(C(=O)/C=C/c3cccc(Cl)c3Cl)CC2)CC(C)O1. The van der Waals surface area contributed by atoms with Crippen LogP contribution >= 0.6 is 23.2 Å². The van der Waals surface area contributed by atoms with Gasteiger partial charge in [-0.05, 0) is 31.6 Å². The maximum absolute atomic E-state index is 12.9. The molecule has 0 aromatic heterocycles. The maximum Gasteiger partial charge on any atom is 0.282 e. The minimum Gasteiger partial charge on any atom is -0.373 e. The predicted molar refractivity (Wildman–Crippen MR) is 114 cm³/mol. The minimum atomic E-state index is -3.57. The number of morpholine rings is 1. The van der Waals surface area contributed by atoms with Gasteiger partial charge in [0.05, 0.1) is 22.3 Å². The summed E-state index contributed by atoms with van der Waals surface area (Å²) >= 11 is 12.1. The van der Waals surface area contributed by atoms with E-state index in [2.05, 4.69) is 0 Å². The fourth-order valence-electron chi connectivity index (χ4n) is 3.54. The Morgan fingerprint density at radius 1 is 1.07 bits per heavy atom. The topological polar surface area (TPSA) is 70.2 Å². The van der Waals surface area contributed by atoms with Crippen molar-refractivity contribution in [3.05, 3.63) is 39.9 Å². The molecule has 2 unspecified atom stereocenters. The highest BCUT2D eigenvalue weighted by Crippen LogP contribution is 2.26. The van der Waals surface area contributed by atoms with Crippen LogP contribution in [0.2, 0.25) is 10.0 Å². The average molecular weight is 462 g/mol. The summed E-state index contributed by atoms with van der Waals surface area (Å²) in [4.78, 5) is 14.1. The van der Waals surface area contributed by atoms with Gasteiger partial charge < -0.3 is 9.64 Å². The van der Waals surface area contributed by atoms with Gasteiger partial charge in [0.25, 0.3) is 10.2 Å². The molecule has 0 spiro atoms. The molecule has 1 aromatic rings. The van der Waals surface area contributed by atoms with Crippen molar-refractivity contribution in [3.8, 4) is 0 Å². The number of halogens is 2. The molecular weight excluding hydrogens is 437 g/mol. The third kappa shape index (κ3) is 5.31. The molecule has 1 amide bonds. The number of rotatable bonds is 4. The number of nitrogens with zero attached hydrogens (tertiary/aromatic N) is 3. The second-order valence-corrected chi connectivity index (χ2v) is 10.00. The molecule has 1 aromatic carbocycles. The number of ether oxygens (including phenoxy) is 1. The second kappa shape index (κ2) is 9.32. The monoisotopic (exact) mass is 461 g/mol. The van der Waals surface area contributed by atoms with Crippen LogP contribution in [0.3, 0.4) is 0 Å². The smallest absolute Gasteiger partial charge is 0.282 e. The number of carbonyl (C=O) groups excluding carboxylic acids is 1. The normalized spacial score (nSPS) is 24.9. The summed E-state index contributed by atoms with van der Waals surface area (Å²) < 4.78 is 34.4. The molecule has 10 heteroatoms. The van der Waals surface area contributed by atoms with Crippen molar-refractivity contribution >= 4 is 45.4 Å². The van der Waals surface area contributed by atoms with Gasteiger partial charge in [0, 0.05) is 45.3 Å². The Morgan fingerprint density at radius 3 is 2.31 bits per heavy atom. The number of benzene rings is 1. The molecule has 2 aliphatic rings. The zero-order chi connectivity index (χ0) is 21.2. The van der Waals surface area contributed by atoms with Crippen LogP contribution in [0.15, 0.2) is 24.3 Å². The molecule has 29 heavy (non-hydrogen) atoms. The first-order valence-electron chi connectivity index (χ1n) is 9.50. The molecule has 160 valence electrons. The fourth-order valence-corrected chi connectivity index (χ4v) is 5.66. The summed E-state index contributed by atoms with van der Waals surface area (Å²) in [5, 5.41) is 0.815. The van der Waals surface area contributed by atoms with E-state index < -0.39 is 10.2 Å². The Hall–Kier alpha value is -1.16. The molecule has 0 N–H and O–H groups in total. The molecule has 3 rings (SSSR count). The van der Waals surface area contributed by atoms with Gasteiger partial charge >= 0.3 is 0 Å². The molecule has 2 atom stereocenters. The van der Waals surface area contributed by atoms with E-state index >= 15 is 0 Å². The van der Waals surface area contributed by atoms with Gasteiger partial charge in [0.1, 0.15) is 0 Å². The van der Waals surface area contributed by atoms with E-state index in [1.165, 1.54) is 14.7 Å². The van der Waals surface area contributed by atoms with Crippen molar-refractivity contribution in [1.82, 2.24) is 13.5 Å². The van der Waals surface area contributed by atoms with Crippen LogP contribution in [-0.4, -0.2) is 79.3 Å². The van der Waals surface area contributed by atoms with Gasteiger partial charge in [-0.2, -0.15) is 17.0 Å². The fraction of sp³-hybridized carbons (Fsp3) is 0.526. The molecular formula is C19H25Cl2N3O4S. The van der Waals surface area contributed by atoms with Crippen LogP contribution in [0, 0.1) is 0 Å². The van der Waals surface area contributed by atoms with Gasteiger partial charge in [0.2, 0.25) is 5.91 Å². The van der Waals surface area contributed by atoms with Crippen LogP contribution in [0.4, 0.5) is 0 Å². The summed E-state index contributed by atoms with van der Waals surface area (Å²) in [6.45, 7) is 5.62. The molecule has 0 bridgehead atoms. The lowest BCUT2D eigenvalue weighted by molar-refractivity contribution is -0.127. The van der Waals surface area contributed by atoms with Crippen LogP contribution in [0.5, 0.6) is 0 Å². The summed E-state index contributed by atoms with van der Waals surface area (Å²) in [6, 6.07) is 5.21. The van der Waals surface area contributed by atoms with E-state index in [0.29, 0.717) is 41.8 Å². The predicted octanol–water partition coefficient (Wildman–Crippen LogP) is 2.50. The van der Waals surface area contributed by atoms with E-state index in [-0.39, 0.29) is 31.2 Å². The van der Waals surface area contributed by atoms with E-state index in [4.69, 9.17) is 27.9 Å². The lowest BCUT2D eigenvalue weighted by Gasteiger charge is -2.40. The molecule has 0 saturated carbocycles. The lowest BCUT2D eigenvalue weighted by Crippen LogP contribution is -2.57. The van der Waals surface area contributed by atoms with Crippen molar-refractivity contribution < 1.29 is 17.9 Å². The van der Waals surface area contributed by atoms with Crippen molar-refractivity contribution in [2.24, 2.45) is 0 Å². The van der Waals surface area contributed by atoms with Crippen LogP contribution in [0.1, 0.15) is 19.4 Å². The zero-order valence-corrected chi connectivity index (χ0v) is 18.8. The molecule has 2 fully saturated rings. The van der Waals surface area contributed by atoms with E-state index in [1.54, 1.807) is 29.2 Å². The number of hydrogen-bond acceptors (Lipinski definition) is 4. The van der Waals surface area contributed by atoms with Crippen LogP contribution in [-0.2, 0) is 19.7 Å². The average Bonchev–Trinajstić information content (AvgIpc) is 2.68. The highest BCUT2D eigenvalue weighted by molar-refractivity contribution is 7.86. The first-order chi connectivity index (χ1) is 13.7. The van der Waals surface area contributed by atoms with Crippen molar-refractivity contribution in [1.29, 1.82) is 0 Å². The molecule has 2 saturated heterocycles. The highest BCUT2D eigenvalue weighted by atomic mass is 35.5. The number of piperazine rings is 1. The minimum absolute atomic E-state index is 0.139. The first kappa shape index (κ1) is 22.5. The third-order valence-electron chi connectivity index (χ3n) is 4.98. The Bertz CT molecular complexity index is 875. The Labute approximate surface area is 182 Å². The largest absolute Gasteiger partial charge is 0.373 e. The lowest BCUT2D eigenvalue weighted by atomic mass is 10.2. The highest BCUT2D eigenvalue weighted by Gasteiger charge is 2.37. The Balaban J connectivity index is 1.59. The molecule has 7 nitrogen and oxygen atoms in total. The van der Waals surface area contributed by atoms with Crippen LogP contribution < -0.4 is 0 Å². The molecule has 0 radical (unpaired) electrons. The van der Waals surface area contributed by atoms with E-state index in [1.807, 2.05) is 13.8 Å². The molecule has 2 aliphatic heterocycles. The van der Waals surface area contributed by atoms with E-state index in [0.717, 1.165) is 0 Å². The number of amides is 1. The van der Waals surface area contributed by atoms with Gasteiger partial charge in [-0.25, -0.2) is 0 Å². The summed E-state index contributed by atoms with van der Waals surface area (Å²) in [5.41, 5.74) is 0.657. The van der Waals surface area contributed by atoms with Crippen LogP contribution in [0.25, 0.3) is 6.08 Å². The number of carbonyl (C=O) groups is 1. The van der Waals surface area contributed by atoms with Crippen molar-refractivity contribution in [3.63, 3.8) is 0 Å². The zero-order valence-electron chi connectivity index (χ0n) is 16.4. The van der Waals surface area contributed by atoms with E-state index in [9.17, 15) is 13.2 Å². The Morgan fingerprint density at radius 2 is 1.69 bits per heavy atom. The van der Waals surface area contributed by atoms with Gasteiger partial charge in [0.15, 0.2) is 0 Å². The third-order valence-corrected chi connectivity index (χ3v) is 7.78. The maximum atomic E-state index is 12.9. The van der Waals surface area contributed by atoms with Gasteiger partial charge in [-0.3, -0.25) is 4.79 Å². The quantitative estimate of drug-likeness (QED) is 0.645. The van der Waals surface area contributed by atoms with Crippen molar-refractivity contribution in [2.75, 3.05) is 39.3 Å². The summed E-state index contributed by atoms with van der Waals surface area (Å²) in [7, 11) is -3.57. The van der Waals surface area contributed by atoms with Crippen molar-refractivity contribution in [2.45, 2.75) is 26.1 Å². The standard InChI is InChI=1S/C19H25Cl2N3O4S/c1-14-12-24(13-15(2)28-14)29(26,27)23-10-8-22(9-11-23)18(25)7-6-16-4-3-5-17(20)19(16)21/h3-7,14-15H,8-13H2,1-2H3/b7-6+. The summed E-state index contributed by atoms with van der Waals surface area (Å²) in [5.74, 6) is -0.188. The van der Waals surface area contributed by atoms with Gasteiger partial charge in [-0.1, -0.05) is 35.3 Å². The molecule has 0 aliphatic carbocycles. The van der Waals surface area contributed by atoms with Gasteiger partial charge in [-0.15, -0.1) is 0 Å². The molecule has 2 heterocycles. The number of hydrogen-bond donors (Lipinski definition) is 0. The second-order valence-electron chi connectivity index (χ2n) is 7.28. The summed E-state index contributed by atoms with van der Waals surface area (Å²) in [6.07, 6.45) is 2.78. The Kier molecular flexibility index (Phi) is 7.24. The first-order valence-corrected chi connectivity index (χ1v) is 11.7.